The molecule has 0 aliphatic heterocycles. The Labute approximate surface area is 176 Å². The first kappa shape index (κ1) is 23.3. The van der Waals surface area contributed by atoms with Crippen LogP contribution >= 0.6 is 0 Å². The van der Waals surface area contributed by atoms with Gasteiger partial charge in [0.15, 0.2) is 18.1 Å². The third kappa shape index (κ3) is 7.42. The van der Waals surface area contributed by atoms with E-state index in [9.17, 15) is 23.2 Å². The number of hydrogen-bond acceptors (Lipinski definition) is 7. The maximum absolute atomic E-state index is 12.3. The highest BCUT2D eigenvalue weighted by atomic mass is 19.3. The summed E-state index contributed by atoms with van der Waals surface area (Å²) in [6.45, 7) is -3.56. The first-order valence-electron chi connectivity index (χ1n) is 8.78. The fraction of sp³-hybridized carbons (Fsp3) is 0.190. The van der Waals surface area contributed by atoms with Crippen LogP contribution in [0.25, 0.3) is 6.08 Å². The molecule has 0 saturated carbocycles. The van der Waals surface area contributed by atoms with Crippen LogP contribution < -0.4 is 14.8 Å². The monoisotopic (exact) mass is 435 g/mol. The van der Waals surface area contributed by atoms with E-state index < -0.39 is 31.1 Å². The molecule has 2 aromatic rings. The number of carbonyl (C=O) groups excluding carboxylic acids is 3. The molecule has 0 atom stereocenters. The molecular formula is C21H19F2NO7. The molecule has 0 aliphatic carbocycles. The summed E-state index contributed by atoms with van der Waals surface area (Å²) in [7, 11) is 2.52. The molecule has 0 heterocycles. The third-order valence-corrected chi connectivity index (χ3v) is 3.73. The Morgan fingerprint density at radius 1 is 1.06 bits per heavy atom. The Balaban J connectivity index is 1.89. The zero-order valence-electron chi connectivity index (χ0n) is 16.6. The number of carbonyl (C=O) groups is 3. The minimum atomic E-state index is -3.00. The SMILES string of the molecule is COC(=O)c1cccc(NC(=O)COC(=O)/C=C/c2ccc(OC(F)F)c(OC)c2)c1. The van der Waals surface area contributed by atoms with E-state index in [4.69, 9.17) is 9.47 Å². The van der Waals surface area contributed by atoms with Gasteiger partial charge in [-0.2, -0.15) is 8.78 Å². The highest BCUT2D eigenvalue weighted by Crippen LogP contribution is 2.29. The molecule has 0 fully saturated rings. The molecule has 0 saturated heterocycles. The predicted molar refractivity (Wildman–Crippen MR) is 106 cm³/mol. The molecule has 1 N–H and O–H groups in total. The Bertz CT molecular complexity index is 976. The molecule has 2 rings (SSSR count). The van der Waals surface area contributed by atoms with Gasteiger partial charge >= 0.3 is 18.6 Å². The number of benzene rings is 2. The average Bonchev–Trinajstić information content (AvgIpc) is 2.76. The minimum Gasteiger partial charge on any atom is -0.493 e. The zero-order chi connectivity index (χ0) is 22.8. The van der Waals surface area contributed by atoms with Crippen molar-refractivity contribution in [3.8, 4) is 11.5 Å². The summed E-state index contributed by atoms with van der Waals surface area (Å²) in [5.41, 5.74) is 1.04. The summed E-state index contributed by atoms with van der Waals surface area (Å²) in [6.07, 6.45) is 2.42. The molecule has 1 amide bonds. The van der Waals surface area contributed by atoms with Gasteiger partial charge in [0.05, 0.1) is 19.8 Å². The van der Waals surface area contributed by atoms with Gasteiger partial charge in [-0.15, -0.1) is 0 Å². The van der Waals surface area contributed by atoms with Crippen molar-refractivity contribution in [2.45, 2.75) is 6.61 Å². The molecule has 0 unspecified atom stereocenters. The average molecular weight is 435 g/mol. The lowest BCUT2D eigenvalue weighted by Crippen LogP contribution is -2.20. The lowest BCUT2D eigenvalue weighted by atomic mass is 10.2. The molecule has 0 spiro atoms. The van der Waals surface area contributed by atoms with E-state index in [1.807, 2.05) is 0 Å². The number of anilines is 1. The van der Waals surface area contributed by atoms with E-state index in [1.165, 1.54) is 50.6 Å². The van der Waals surface area contributed by atoms with E-state index in [0.29, 0.717) is 11.3 Å². The number of alkyl halides is 2. The van der Waals surface area contributed by atoms with Crippen LogP contribution in [0.15, 0.2) is 48.5 Å². The Kier molecular flexibility index (Phi) is 8.50. The fourth-order valence-corrected chi connectivity index (χ4v) is 2.37. The number of halogens is 2. The van der Waals surface area contributed by atoms with E-state index >= 15 is 0 Å². The number of amides is 1. The normalized spacial score (nSPS) is 10.6. The Morgan fingerprint density at radius 3 is 2.52 bits per heavy atom. The van der Waals surface area contributed by atoms with Crippen molar-refractivity contribution < 1.29 is 42.1 Å². The van der Waals surface area contributed by atoms with E-state index in [1.54, 1.807) is 12.1 Å². The van der Waals surface area contributed by atoms with Crippen LogP contribution in [0.1, 0.15) is 15.9 Å². The molecule has 0 aromatic heterocycles. The van der Waals surface area contributed by atoms with Crippen molar-refractivity contribution in [1.29, 1.82) is 0 Å². The molecular weight excluding hydrogens is 416 g/mol. The van der Waals surface area contributed by atoms with Crippen molar-refractivity contribution in [2.24, 2.45) is 0 Å². The van der Waals surface area contributed by atoms with E-state index in [0.717, 1.165) is 6.08 Å². The van der Waals surface area contributed by atoms with Crippen LogP contribution in [0.3, 0.4) is 0 Å². The van der Waals surface area contributed by atoms with Crippen LogP contribution in [-0.4, -0.2) is 45.3 Å². The maximum Gasteiger partial charge on any atom is 0.387 e. The first-order chi connectivity index (χ1) is 14.8. The predicted octanol–water partition coefficient (Wildman–Crippen LogP) is 3.28. The topological polar surface area (TPSA) is 100 Å². The molecule has 2 aromatic carbocycles. The molecule has 0 bridgehead atoms. The molecule has 10 heteroatoms. The summed E-state index contributed by atoms with van der Waals surface area (Å²) >= 11 is 0. The Morgan fingerprint density at radius 2 is 1.84 bits per heavy atom. The summed E-state index contributed by atoms with van der Waals surface area (Å²) < 4.78 is 43.4. The number of ether oxygens (including phenoxy) is 4. The van der Waals surface area contributed by atoms with Gasteiger partial charge in [0, 0.05) is 11.8 Å². The first-order valence-corrected chi connectivity index (χ1v) is 8.78. The molecule has 164 valence electrons. The quantitative estimate of drug-likeness (QED) is 0.477. The van der Waals surface area contributed by atoms with Crippen LogP contribution in [0, 0.1) is 0 Å². The third-order valence-electron chi connectivity index (χ3n) is 3.73. The fourth-order valence-electron chi connectivity index (χ4n) is 2.37. The summed E-state index contributed by atoms with van der Waals surface area (Å²) in [5, 5.41) is 2.49. The molecule has 0 aliphatic rings. The van der Waals surface area contributed by atoms with E-state index in [-0.39, 0.29) is 17.1 Å². The van der Waals surface area contributed by atoms with Gasteiger partial charge < -0.3 is 24.3 Å². The van der Waals surface area contributed by atoms with Crippen molar-refractivity contribution in [3.05, 3.63) is 59.7 Å². The Hall–Kier alpha value is -3.95. The molecule has 31 heavy (non-hydrogen) atoms. The van der Waals surface area contributed by atoms with Crippen LogP contribution in [-0.2, 0) is 19.1 Å². The highest BCUT2D eigenvalue weighted by molar-refractivity contribution is 5.96. The second kappa shape index (κ2) is 11.3. The second-order valence-electron chi connectivity index (χ2n) is 5.85. The van der Waals surface area contributed by atoms with Gasteiger partial charge in [-0.05, 0) is 42.0 Å². The lowest BCUT2D eigenvalue weighted by Gasteiger charge is -2.10. The smallest absolute Gasteiger partial charge is 0.387 e. The standard InChI is InChI=1S/C21H19F2NO7/c1-28-17-10-13(6-8-16(17)31-21(22)23)7-9-19(26)30-12-18(25)24-15-5-3-4-14(11-15)20(27)29-2/h3-11,21H,12H2,1-2H3,(H,24,25)/b9-7+. The van der Waals surface area contributed by atoms with Gasteiger partial charge in [-0.1, -0.05) is 12.1 Å². The summed E-state index contributed by atoms with van der Waals surface area (Å²) in [6, 6.07) is 10.1. The number of rotatable bonds is 9. The summed E-state index contributed by atoms with van der Waals surface area (Å²) in [5.74, 6) is -2.06. The zero-order valence-corrected chi connectivity index (χ0v) is 16.6. The van der Waals surface area contributed by atoms with Gasteiger partial charge in [-0.3, -0.25) is 4.79 Å². The largest absolute Gasteiger partial charge is 0.493 e. The van der Waals surface area contributed by atoms with Crippen molar-refractivity contribution in [2.75, 3.05) is 26.1 Å². The van der Waals surface area contributed by atoms with Gasteiger partial charge in [-0.25, -0.2) is 9.59 Å². The van der Waals surface area contributed by atoms with Crippen molar-refractivity contribution >= 4 is 29.6 Å². The van der Waals surface area contributed by atoms with Gasteiger partial charge in [0.2, 0.25) is 0 Å². The van der Waals surface area contributed by atoms with Gasteiger partial charge in [0.1, 0.15) is 0 Å². The van der Waals surface area contributed by atoms with Crippen molar-refractivity contribution in [3.63, 3.8) is 0 Å². The van der Waals surface area contributed by atoms with Gasteiger partial charge in [0.25, 0.3) is 5.91 Å². The summed E-state index contributed by atoms with van der Waals surface area (Å²) in [4.78, 5) is 35.2. The molecule has 0 radical (unpaired) electrons. The van der Waals surface area contributed by atoms with Crippen LogP contribution in [0.2, 0.25) is 0 Å². The number of methoxy groups -OCH3 is 2. The molecule has 8 nitrogen and oxygen atoms in total. The van der Waals surface area contributed by atoms with Crippen LogP contribution in [0.5, 0.6) is 11.5 Å². The van der Waals surface area contributed by atoms with Crippen molar-refractivity contribution in [1.82, 2.24) is 0 Å². The number of hydrogen-bond donors (Lipinski definition) is 1. The van der Waals surface area contributed by atoms with Crippen LogP contribution in [0.4, 0.5) is 14.5 Å². The minimum absolute atomic E-state index is 0.0596. The number of esters is 2. The highest BCUT2D eigenvalue weighted by Gasteiger charge is 2.11. The second-order valence-corrected chi connectivity index (χ2v) is 5.85. The number of nitrogens with one attached hydrogen (secondary N) is 1. The maximum atomic E-state index is 12.3. The lowest BCUT2D eigenvalue weighted by molar-refractivity contribution is -0.142. The van der Waals surface area contributed by atoms with E-state index in [2.05, 4.69) is 14.8 Å².